The Bertz CT molecular complexity index is 515. The average molecular weight is 309 g/mol. The number of ether oxygens (including phenoxy) is 1. The van der Waals surface area contributed by atoms with Gasteiger partial charge in [-0.15, -0.1) is 11.3 Å². The number of alkyl halides is 3. The Labute approximate surface area is 117 Å². The van der Waals surface area contributed by atoms with Crippen LogP contribution in [-0.2, 0) is 6.54 Å². The Morgan fingerprint density at radius 1 is 1.60 bits per heavy atom. The molecule has 1 unspecified atom stereocenters. The minimum absolute atomic E-state index is 0.0598. The first-order valence-corrected chi connectivity index (χ1v) is 6.89. The maximum atomic E-state index is 12.8. The summed E-state index contributed by atoms with van der Waals surface area (Å²) in [4.78, 5) is 12.7. The number of nitrogens with zero attached hydrogens (tertiary/aromatic N) is 1. The van der Waals surface area contributed by atoms with Gasteiger partial charge in [0.05, 0.1) is 23.9 Å². The van der Waals surface area contributed by atoms with Crippen molar-refractivity contribution in [1.29, 1.82) is 0 Å². The number of halogens is 3. The molecule has 1 aliphatic heterocycles. The molecule has 1 N–H and O–H groups in total. The smallest absolute Gasteiger partial charge is 0.407 e. The molecular formula is C12H14F3NO3S. The van der Waals surface area contributed by atoms with Crippen molar-refractivity contribution in [3.63, 3.8) is 0 Å². The highest BCUT2D eigenvalue weighted by Gasteiger charge is 2.40. The van der Waals surface area contributed by atoms with Gasteiger partial charge in [0.1, 0.15) is 11.9 Å². The predicted octanol–water partition coefficient (Wildman–Crippen LogP) is 3.67. The molecule has 0 radical (unpaired) electrons. The van der Waals surface area contributed by atoms with Gasteiger partial charge >= 0.3 is 12.3 Å². The standard InChI is InChI=1S/C12H14F3NO3S/c1-6-3-16(11(17)18)4-9-10(19-6)8(5-20-9)7(2)12(13,14)15/h5-7H,3-4H2,1-2H3,(H,17,18)/t6-,7?/m0/s1. The lowest BCUT2D eigenvalue weighted by atomic mass is 10.0. The van der Waals surface area contributed by atoms with Crippen molar-refractivity contribution in [3.05, 3.63) is 15.8 Å². The lowest BCUT2D eigenvalue weighted by Gasteiger charge is -2.20. The van der Waals surface area contributed by atoms with Crippen LogP contribution in [0.2, 0.25) is 0 Å². The van der Waals surface area contributed by atoms with E-state index in [4.69, 9.17) is 9.84 Å². The molecule has 0 saturated carbocycles. The van der Waals surface area contributed by atoms with Crippen LogP contribution in [0.25, 0.3) is 0 Å². The number of hydrogen-bond donors (Lipinski definition) is 1. The third-order valence-electron chi connectivity index (χ3n) is 3.20. The zero-order chi connectivity index (χ0) is 15.1. The summed E-state index contributed by atoms with van der Waals surface area (Å²) < 4.78 is 44.0. The van der Waals surface area contributed by atoms with E-state index < -0.39 is 24.3 Å². The van der Waals surface area contributed by atoms with Crippen LogP contribution in [0.3, 0.4) is 0 Å². The van der Waals surface area contributed by atoms with Gasteiger partial charge < -0.3 is 9.84 Å². The summed E-state index contributed by atoms with van der Waals surface area (Å²) in [5, 5.41) is 10.5. The lowest BCUT2D eigenvalue weighted by Crippen LogP contribution is -2.34. The van der Waals surface area contributed by atoms with Crippen LogP contribution in [-0.4, -0.2) is 34.9 Å². The van der Waals surface area contributed by atoms with Gasteiger partial charge in [-0.05, 0) is 19.2 Å². The van der Waals surface area contributed by atoms with E-state index in [1.165, 1.54) is 5.38 Å². The van der Waals surface area contributed by atoms with Gasteiger partial charge in [-0.1, -0.05) is 0 Å². The first-order chi connectivity index (χ1) is 9.20. The van der Waals surface area contributed by atoms with Crippen LogP contribution in [0, 0.1) is 0 Å². The van der Waals surface area contributed by atoms with Crippen LogP contribution in [0.1, 0.15) is 30.2 Å². The molecule has 1 aliphatic rings. The topological polar surface area (TPSA) is 49.8 Å². The molecule has 2 rings (SSSR count). The number of hydrogen-bond acceptors (Lipinski definition) is 3. The van der Waals surface area contributed by atoms with Crippen molar-refractivity contribution in [2.45, 2.75) is 38.6 Å². The fraction of sp³-hybridized carbons (Fsp3) is 0.583. The van der Waals surface area contributed by atoms with Gasteiger partial charge in [0.2, 0.25) is 0 Å². The normalized spacial score (nSPS) is 20.9. The van der Waals surface area contributed by atoms with E-state index in [0.29, 0.717) is 4.88 Å². The minimum atomic E-state index is -4.35. The fourth-order valence-corrected chi connectivity index (χ4v) is 3.14. The molecule has 0 spiro atoms. The molecular weight excluding hydrogens is 295 g/mol. The van der Waals surface area contributed by atoms with Crippen LogP contribution in [0.5, 0.6) is 5.75 Å². The van der Waals surface area contributed by atoms with Gasteiger partial charge in [-0.2, -0.15) is 13.2 Å². The maximum Gasteiger partial charge on any atom is 0.407 e. The van der Waals surface area contributed by atoms with E-state index in [-0.39, 0.29) is 24.4 Å². The van der Waals surface area contributed by atoms with E-state index >= 15 is 0 Å². The van der Waals surface area contributed by atoms with Gasteiger partial charge in [-0.3, -0.25) is 4.90 Å². The number of fused-ring (bicyclic) bond motifs is 1. The molecule has 0 fully saturated rings. The van der Waals surface area contributed by atoms with E-state index in [2.05, 4.69) is 0 Å². The molecule has 0 aromatic carbocycles. The first kappa shape index (κ1) is 15.0. The highest BCUT2D eigenvalue weighted by atomic mass is 32.1. The summed E-state index contributed by atoms with van der Waals surface area (Å²) in [7, 11) is 0. The van der Waals surface area contributed by atoms with Crippen LogP contribution < -0.4 is 4.74 Å². The summed E-state index contributed by atoms with van der Waals surface area (Å²) in [6.07, 6.45) is -5.94. The zero-order valence-electron chi connectivity index (χ0n) is 10.9. The highest BCUT2D eigenvalue weighted by Crippen LogP contribution is 2.44. The minimum Gasteiger partial charge on any atom is -0.487 e. The SMILES string of the molecule is CC(c1csc2c1O[C@@H](C)CN(C(=O)O)C2)C(F)(F)F. The van der Waals surface area contributed by atoms with Crippen LogP contribution in [0.15, 0.2) is 5.38 Å². The average Bonchev–Trinajstić information content (AvgIpc) is 2.60. The molecule has 2 heterocycles. The van der Waals surface area contributed by atoms with E-state index in [0.717, 1.165) is 23.2 Å². The van der Waals surface area contributed by atoms with Gasteiger partial charge in [0.15, 0.2) is 0 Å². The molecule has 0 saturated heterocycles. The molecule has 112 valence electrons. The Morgan fingerprint density at radius 2 is 2.25 bits per heavy atom. The molecule has 0 aliphatic carbocycles. The van der Waals surface area contributed by atoms with Crippen molar-refractivity contribution >= 4 is 17.4 Å². The number of carbonyl (C=O) groups is 1. The lowest BCUT2D eigenvalue weighted by molar-refractivity contribution is -0.146. The quantitative estimate of drug-likeness (QED) is 0.861. The van der Waals surface area contributed by atoms with E-state index in [1.807, 2.05) is 0 Å². The van der Waals surface area contributed by atoms with E-state index in [1.54, 1.807) is 6.92 Å². The fourth-order valence-electron chi connectivity index (χ4n) is 2.05. The van der Waals surface area contributed by atoms with Crippen molar-refractivity contribution in [2.24, 2.45) is 0 Å². The van der Waals surface area contributed by atoms with Crippen LogP contribution in [0.4, 0.5) is 18.0 Å². The molecule has 2 atom stereocenters. The Kier molecular flexibility index (Phi) is 3.86. The molecule has 8 heteroatoms. The van der Waals surface area contributed by atoms with Crippen molar-refractivity contribution in [3.8, 4) is 5.75 Å². The molecule has 1 amide bonds. The third kappa shape index (κ3) is 2.84. The maximum absolute atomic E-state index is 12.8. The number of thiophene rings is 1. The van der Waals surface area contributed by atoms with Crippen molar-refractivity contribution < 1.29 is 27.8 Å². The largest absolute Gasteiger partial charge is 0.487 e. The summed E-state index contributed by atoms with van der Waals surface area (Å²) in [5.74, 6) is -1.44. The van der Waals surface area contributed by atoms with Crippen molar-refractivity contribution in [2.75, 3.05) is 6.54 Å². The first-order valence-electron chi connectivity index (χ1n) is 6.01. The summed E-state index contributed by atoms with van der Waals surface area (Å²) in [6.45, 7) is 2.92. The highest BCUT2D eigenvalue weighted by molar-refractivity contribution is 7.10. The zero-order valence-corrected chi connectivity index (χ0v) is 11.7. The number of rotatable bonds is 1. The van der Waals surface area contributed by atoms with Gasteiger partial charge in [-0.25, -0.2) is 4.79 Å². The molecule has 20 heavy (non-hydrogen) atoms. The monoisotopic (exact) mass is 309 g/mol. The summed E-state index contributed by atoms with van der Waals surface area (Å²) in [6, 6.07) is 0. The Morgan fingerprint density at radius 3 is 2.80 bits per heavy atom. The molecule has 4 nitrogen and oxygen atoms in total. The van der Waals surface area contributed by atoms with Crippen molar-refractivity contribution in [1.82, 2.24) is 4.90 Å². The van der Waals surface area contributed by atoms with E-state index in [9.17, 15) is 18.0 Å². The second-order valence-corrected chi connectivity index (χ2v) is 5.76. The second-order valence-electron chi connectivity index (χ2n) is 4.80. The van der Waals surface area contributed by atoms with Crippen LogP contribution >= 0.6 is 11.3 Å². The number of carboxylic acid groups (broad SMARTS) is 1. The predicted molar refractivity (Wildman–Crippen MR) is 67.3 cm³/mol. The Hall–Kier alpha value is -1.44. The summed E-state index contributed by atoms with van der Waals surface area (Å²) in [5.41, 5.74) is 0.0802. The summed E-state index contributed by atoms with van der Waals surface area (Å²) >= 11 is 1.10. The molecule has 0 bridgehead atoms. The Balaban J connectivity index is 2.37. The second kappa shape index (κ2) is 5.16. The van der Waals surface area contributed by atoms with Gasteiger partial charge in [0, 0.05) is 5.56 Å². The molecule has 1 aromatic rings. The third-order valence-corrected chi connectivity index (χ3v) is 4.17. The number of amides is 1. The van der Waals surface area contributed by atoms with Gasteiger partial charge in [0.25, 0.3) is 0 Å². The molecule has 1 aromatic heterocycles.